The van der Waals surface area contributed by atoms with Crippen molar-refractivity contribution in [3.05, 3.63) is 51.6 Å². The molecule has 0 aliphatic carbocycles. The largest absolute Gasteiger partial charge is 0.389 e. The Morgan fingerprint density at radius 2 is 2.11 bits per heavy atom. The van der Waals surface area contributed by atoms with Crippen molar-refractivity contribution < 1.29 is 5.11 Å². The summed E-state index contributed by atoms with van der Waals surface area (Å²) < 4.78 is 0.947. The van der Waals surface area contributed by atoms with E-state index >= 15 is 0 Å². The van der Waals surface area contributed by atoms with Crippen LogP contribution in [0.1, 0.15) is 18.6 Å². The molecule has 94 valence electrons. The van der Waals surface area contributed by atoms with Crippen molar-refractivity contribution >= 4 is 39.3 Å². The van der Waals surface area contributed by atoms with Crippen LogP contribution in [0.15, 0.2) is 50.9 Å². The van der Waals surface area contributed by atoms with Crippen LogP contribution in [0, 0.1) is 0 Å². The first-order chi connectivity index (χ1) is 8.56. The Morgan fingerprint density at radius 3 is 2.67 bits per heavy atom. The third kappa shape index (κ3) is 3.48. The molecular weight excluding hydrogens is 334 g/mol. The van der Waals surface area contributed by atoms with Gasteiger partial charge in [-0.05, 0) is 52.7 Å². The lowest BCUT2D eigenvalue weighted by Crippen LogP contribution is -1.91. The molecule has 1 unspecified atom stereocenters. The predicted octanol–water partition coefficient (Wildman–Crippen LogP) is 4.70. The minimum Gasteiger partial charge on any atom is -0.389 e. The first-order valence-corrected chi connectivity index (χ1v) is 7.32. The van der Waals surface area contributed by atoms with Gasteiger partial charge in [0.25, 0.3) is 0 Å². The number of halogens is 2. The van der Waals surface area contributed by atoms with E-state index in [-0.39, 0.29) is 0 Å². The first kappa shape index (κ1) is 13.9. The molecule has 1 heterocycles. The van der Waals surface area contributed by atoms with E-state index < -0.39 is 6.10 Å². The zero-order chi connectivity index (χ0) is 13.1. The van der Waals surface area contributed by atoms with Crippen molar-refractivity contribution in [2.45, 2.75) is 22.9 Å². The number of hydrogen-bond donors (Lipinski definition) is 1. The zero-order valence-corrected chi connectivity index (χ0v) is 12.8. The zero-order valence-electron chi connectivity index (χ0n) is 9.60. The fourth-order valence-electron chi connectivity index (χ4n) is 1.40. The van der Waals surface area contributed by atoms with Gasteiger partial charge in [0.1, 0.15) is 5.03 Å². The van der Waals surface area contributed by atoms with Crippen LogP contribution >= 0.6 is 39.3 Å². The molecule has 1 aromatic heterocycles. The van der Waals surface area contributed by atoms with Crippen LogP contribution in [0.5, 0.6) is 0 Å². The number of rotatable bonds is 3. The summed E-state index contributed by atoms with van der Waals surface area (Å²) in [6.45, 7) is 1.75. The average molecular weight is 345 g/mol. The van der Waals surface area contributed by atoms with Crippen LogP contribution in [-0.4, -0.2) is 10.1 Å². The molecule has 0 amide bonds. The van der Waals surface area contributed by atoms with Gasteiger partial charge in [-0.1, -0.05) is 29.4 Å². The van der Waals surface area contributed by atoms with Gasteiger partial charge in [0.05, 0.1) is 11.1 Å². The third-order valence-electron chi connectivity index (χ3n) is 2.35. The second kappa shape index (κ2) is 6.06. The molecule has 0 aliphatic rings. The topological polar surface area (TPSA) is 33.1 Å². The highest BCUT2D eigenvalue weighted by Crippen LogP contribution is 2.34. The van der Waals surface area contributed by atoms with Crippen molar-refractivity contribution in [1.82, 2.24) is 4.98 Å². The van der Waals surface area contributed by atoms with Crippen molar-refractivity contribution in [3.8, 4) is 0 Å². The molecule has 0 fully saturated rings. The van der Waals surface area contributed by atoms with Gasteiger partial charge in [-0.2, -0.15) is 0 Å². The van der Waals surface area contributed by atoms with E-state index in [1.165, 1.54) is 0 Å². The first-order valence-electron chi connectivity index (χ1n) is 5.33. The highest BCUT2D eigenvalue weighted by molar-refractivity contribution is 9.10. The van der Waals surface area contributed by atoms with E-state index in [1.54, 1.807) is 24.9 Å². The summed E-state index contributed by atoms with van der Waals surface area (Å²) in [4.78, 5) is 5.28. The normalized spacial score (nSPS) is 12.4. The molecule has 0 saturated heterocycles. The Morgan fingerprint density at radius 1 is 1.33 bits per heavy atom. The van der Waals surface area contributed by atoms with E-state index in [0.29, 0.717) is 5.02 Å². The maximum Gasteiger partial charge on any atom is 0.101 e. The molecule has 2 nitrogen and oxygen atoms in total. The molecule has 2 aromatic rings. The van der Waals surface area contributed by atoms with Gasteiger partial charge < -0.3 is 5.11 Å². The number of hydrogen-bond acceptors (Lipinski definition) is 3. The number of aliphatic hydroxyl groups is 1. The molecule has 0 spiro atoms. The molecule has 0 saturated carbocycles. The van der Waals surface area contributed by atoms with Gasteiger partial charge in [-0.25, -0.2) is 4.98 Å². The highest BCUT2D eigenvalue weighted by atomic mass is 79.9. The summed E-state index contributed by atoms with van der Waals surface area (Å²) in [5, 5.41) is 11.0. The minimum atomic E-state index is -0.464. The molecule has 0 bridgehead atoms. The van der Waals surface area contributed by atoms with Crippen LogP contribution in [0.2, 0.25) is 5.02 Å². The Hall–Kier alpha value is -0.550. The number of aromatic nitrogens is 1. The van der Waals surface area contributed by atoms with Gasteiger partial charge >= 0.3 is 0 Å². The van der Waals surface area contributed by atoms with Gasteiger partial charge in [0, 0.05) is 15.6 Å². The fourth-order valence-corrected chi connectivity index (χ4v) is 2.91. The van der Waals surface area contributed by atoms with E-state index in [4.69, 9.17) is 11.6 Å². The molecule has 0 aliphatic heterocycles. The molecule has 1 aromatic carbocycles. The van der Waals surface area contributed by atoms with E-state index in [1.807, 2.05) is 30.3 Å². The summed E-state index contributed by atoms with van der Waals surface area (Å²) in [7, 11) is 0. The average Bonchev–Trinajstić information content (AvgIpc) is 2.34. The lowest BCUT2D eigenvalue weighted by atomic mass is 10.1. The Labute approximate surface area is 124 Å². The molecule has 1 atom stereocenters. The van der Waals surface area contributed by atoms with Crippen molar-refractivity contribution in [2.24, 2.45) is 0 Å². The second-order valence-electron chi connectivity index (χ2n) is 3.78. The molecule has 0 radical (unpaired) electrons. The molecule has 2 rings (SSSR count). The van der Waals surface area contributed by atoms with Gasteiger partial charge in [0.15, 0.2) is 0 Å². The van der Waals surface area contributed by atoms with Crippen LogP contribution in [-0.2, 0) is 0 Å². The Balaban J connectivity index is 2.22. The maximum absolute atomic E-state index is 9.50. The predicted molar refractivity (Wildman–Crippen MR) is 78.1 cm³/mol. The van der Waals surface area contributed by atoms with Gasteiger partial charge in [0.2, 0.25) is 0 Å². The molecule has 1 N–H and O–H groups in total. The monoisotopic (exact) mass is 343 g/mol. The van der Waals surface area contributed by atoms with E-state index in [9.17, 15) is 5.11 Å². The number of benzene rings is 1. The standard InChI is InChI=1S/C13H11BrClNOS/c1-8(17)9-2-4-12(11(14)6-9)18-13-5-3-10(15)7-16-13/h2-8,17H,1H3. The summed E-state index contributed by atoms with van der Waals surface area (Å²) in [6, 6.07) is 9.49. The van der Waals surface area contributed by atoms with Crippen molar-refractivity contribution in [2.75, 3.05) is 0 Å². The summed E-state index contributed by atoms with van der Waals surface area (Å²) in [6.07, 6.45) is 1.16. The highest BCUT2D eigenvalue weighted by Gasteiger charge is 2.07. The quantitative estimate of drug-likeness (QED) is 0.876. The lowest BCUT2D eigenvalue weighted by molar-refractivity contribution is 0.199. The number of aliphatic hydroxyl groups excluding tert-OH is 1. The SMILES string of the molecule is CC(O)c1ccc(Sc2ccc(Cl)cn2)c(Br)c1. The van der Waals surface area contributed by atoms with Crippen LogP contribution in [0.3, 0.4) is 0 Å². The molecule has 5 heteroatoms. The van der Waals surface area contributed by atoms with E-state index in [2.05, 4.69) is 20.9 Å². The summed E-state index contributed by atoms with van der Waals surface area (Å²) in [5.74, 6) is 0. The second-order valence-corrected chi connectivity index (χ2v) is 6.14. The lowest BCUT2D eigenvalue weighted by Gasteiger charge is -2.08. The van der Waals surface area contributed by atoms with Crippen LogP contribution in [0.25, 0.3) is 0 Å². The summed E-state index contributed by atoms with van der Waals surface area (Å²) >= 11 is 10.8. The van der Waals surface area contributed by atoms with Crippen LogP contribution < -0.4 is 0 Å². The van der Waals surface area contributed by atoms with E-state index in [0.717, 1.165) is 20.0 Å². The number of pyridine rings is 1. The van der Waals surface area contributed by atoms with Crippen molar-refractivity contribution in [1.29, 1.82) is 0 Å². The smallest absolute Gasteiger partial charge is 0.101 e. The Kier molecular flexibility index (Phi) is 4.67. The van der Waals surface area contributed by atoms with Crippen molar-refractivity contribution in [3.63, 3.8) is 0 Å². The Bertz CT molecular complexity index is 545. The van der Waals surface area contributed by atoms with Gasteiger partial charge in [-0.15, -0.1) is 0 Å². The van der Waals surface area contributed by atoms with Gasteiger partial charge in [-0.3, -0.25) is 0 Å². The molecular formula is C13H11BrClNOS. The van der Waals surface area contributed by atoms with Crippen LogP contribution in [0.4, 0.5) is 0 Å². The third-order valence-corrected chi connectivity index (χ3v) is 4.52. The molecule has 18 heavy (non-hydrogen) atoms. The maximum atomic E-state index is 9.50. The minimum absolute atomic E-state index is 0.464. The fraction of sp³-hybridized carbons (Fsp3) is 0.154. The number of nitrogens with zero attached hydrogens (tertiary/aromatic N) is 1. The summed E-state index contributed by atoms with van der Waals surface area (Å²) in [5.41, 5.74) is 0.885.